The highest BCUT2D eigenvalue weighted by molar-refractivity contribution is 5.98. The van der Waals surface area contributed by atoms with Crippen molar-refractivity contribution in [2.75, 3.05) is 47.1 Å². The Morgan fingerprint density at radius 1 is 1.14 bits per heavy atom. The Kier molecular flexibility index (Phi) is 5.59. The lowest BCUT2D eigenvalue weighted by Crippen LogP contribution is -2.36. The van der Waals surface area contributed by atoms with Gasteiger partial charge in [-0.25, -0.2) is 0 Å². The third-order valence-electron chi connectivity index (χ3n) is 3.47. The normalized spacial score (nSPS) is 13.2. The zero-order valence-electron chi connectivity index (χ0n) is 13.1. The van der Waals surface area contributed by atoms with Gasteiger partial charge in [0.2, 0.25) is 6.79 Å². The maximum absolute atomic E-state index is 12.4. The minimum absolute atomic E-state index is 0.125. The van der Waals surface area contributed by atoms with Crippen LogP contribution >= 0.6 is 0 Å². The Bertz CT molecular complexity index is 488. The molecule has 0 N–H and O–H groups in total. The molecule has 0 saturated heterocycles. The Morgan fingerprint density at radius 2 is 1.90 bits per heavy atom. The Labute approximate surface area is 126 Å². The van der Waals surface area contributed by atoms with Crippen LogP contribution in [0.15, 0.2) is 18.2 Å². The van der Waals surface area contributed by atoms with Crippen LogP contribution in [-0.2, 0) is 0 Å². The maximum Gasteiger partial charge on any atom is 0.231 e. The van der Waals surface area contributed by atoms with Crippen LogP contribution in [0.2, 0.25) is 0 Å². The summed E-state index contributed by atoms with van der Waals surface area (Å²) in [7, 11) is 4.09. The van der Waals surface area contributed by atoms with E-state index in [0.717, 1.165) is 26.1 Å². The van der Waals surface area contributed by atoms with Crippen molar-refractivity contribution in [1.29, 1.82) is 0 Å². The largest absolute Gasteiger partial charge is 0.454 e. The zero-order valence-corrected chi connectivity index (χ0v) is 13.1. The fourth-order valence-corrected chi connectivity index (χ4v) is 2.29. The predicted octanol–water partition coefficient (Wildman–Crippen LogP) is 1.87. The number of rotatable bonds is 8. The van der Waals surface area contributed by atoms with Crippen molar-refractivity contribution < 1.29 is 14.3 Å². The summed E-state index contributed by atoms with van der Waals surface area (Å²) in [6.07, 6.45) is 1.04. The number of likely N-dealkylation sites (N-methyl/N-ethyl adjacent to an activating group) is 1. The van der Waals surface area contributed by atoms with Crippen LogP contribution in [0.4, 0.5) is 0 Å². The average molecular weight is 292 g/mol. The van der Waals surface area contributed by atoms with Gasteiger partial charge in [-0.2, -0.15) is 0 Å². The number of carbonyl (C=O) groups excluding carboxylic acids is 1. The SMILES string of the molecule is CCCN(CCN(C)C)CC(=O)c1ccc2c(c1)OCO2. The number of Topliss-reactive ketones (excluding diaryl/α,β-unsaturated/α-hetero) is 1. The molecule has 1 heterocycles. The first-order valence-corrected chi connectivity index (χ1v) is 7.40. The van der Waals surface area contributed by atoms with E-state index in [0.29, 0.717) is 23.6 Å². The molecule has 1 aromatic rings. The minimum Gasteiger partial charge on any atom is -0.454 e. The Hall–Kier alpha value is -1.59. The molecule has 1 aromatic carbocycles. The quantitative estimate of drug-likeness (QED) is 0.684. The highest BCUT2D eigenvalue weighted by Crippen LogP contribution is 2.32. The van der Waals surface area contributed by atoms with E-state index in [1.165, 1.54) is 0 Å². The molecule has 2 rings (SSSR count). The van der Waals surface area contributed by atoms with Crippen molar-refractivity contribution in [3.05, 3.63) is 23.8 Å². The summed E-state index contributed by atoms with van der Waals surface area (Å²) in [6, 6.07) is 5.40. The lowest BCUT2D eigenvalue weighted by molar-refractivity contribution is 0.0925. The van der Waals surface area contributed by atoms with E-state index in [4.69, 9.17) is 9.47 Å². The van der Waals surface area contributed by atoms with Gasteiger partial charge in [-0.15, -0.1) is 0 Å². The molecule has 0 amide bonds. The molecular formula is C16H24N2O3. The second kappa shape index (κ2) is 7.43. The molecule has 0 bridgehead atoms. The van der Waals surface area contributed by atoms with Gasteiger partial charge in [0.1, 0.15) is 0 Å². The van der Waals surface area contributed by atoms with Crippen LogP contribution in [0, 0.1) is 0 Å². The topological polar surface area (TPSA) is 42.0 Å². The van der Waals surface area contributed by atoms with Crippen LogP contribution in [0.5, 0.6) is 11.5 Å². The van der Waals surface area contributed by atoms with Gasteiger partial charge in [-0.05, 0) is 45.3 Å². The number of ketones is 1. The summed E-state index contributed by atoms with van der Waals surface area (Å²) >= 11 is 0. The van der Waals surface area contributed by atoms with Crippen LogP contribution in [0.3, 0.4) is 0 Å². The molecular weight excluding hydrogens is 268 g/mol. The number of ether oxygens (including phenoxy) is 2. The predicted molar refractivity (Wildman–Crippen MR) is 82.2 cm³/mol. The molecule has 116 valence electrons. The molecule has 0 atom stereocenters. The van der Waals surface area contributed by atoms with Gasteiger partial charge in [0.15, 0.2) is 17.3 Å². The number of benzene rings is 1. The van der Waals surface area contributed by atoms with Crippen LogP contribution in [-0.4, -0.2) is 62.7 Å². The van der Waals surface area contributed by atoms with Crippen molar-refractivity contribution >= 4 is 5.78 Å². The Balaban J connectivity index is 1.97. The summed E-state index contributed by atoms with van der Waals surface area (Å²) in [5.74, 6) is 1.50. The van der Waals surface area contributed by atoms with Crippen LogP contribution < -0.4 is 9.47 Å². The summed E-state index contributed by atoms with van der Waals surface area (Å²) < 4.78 is 10.6. The number of hydrogen-bond acceptors (Lipinski definition) is 5. The van der Waals surface area contributed by atoms with Crippen molar-refractivity contribution in [1.82, 2.24) is 9.80 Å². The summed E-state index contributed by atoms with van der Waals surface area (Å²) in [5.41, 5.74) is 0.685. The van der Waals surface area contributed by atoms with Gasteiger partial charge in [0.25, 0.3) is 0 Å². The zero-order chi connectivity index (χ0) is 15.2. The van der Waals surface area contributed by atoms with Crippen molar-refractivity contribution in [3.63, 3.8) is 0 Å². The van der Waals surface area contributed by atoms with Crippen LogP contribution in [0.1, 0.15) is 23.7 Å². The lowest BCUT2D eigenvalue weighted by Gasteiger charge is -2.22. The third kappa shape index (κ3) is 4.44. The minimum atomic E-state index is 0.125. The first kappa shape index (κ1) is 15.8. The average Bonchev–Trinajstić information content (AvgIpc) is 2.92. The van der Waals surface area contributed by atoms with Gasteiger partial charge in [0.05, 0.1) is 6.54 Å². The lowest BCUT2D eigenvalue weighted by atomic mass is 10.1. The molecule has 0 unspecified atom stereocenters. The van der Waals surface area contributed by atoms with Gasteiger partial charge < -0.3 is 14.4 Å². The second-order valence-electron chi connectivity index (χ2n) is 5.57. The molecule has 0 aromatic heterocycles. The third-order valence-corrected chi connectivity index (χ3v) is 3.47. The number of carbonyl (C=O) groups is 1. The van der Waals surface area contributed by atoms with E-state index in [2.05, 4.69) is 16.7 Å². The molecule has 5 nitrogen and oxygen atoms in total. The molecule has 0 radical (unpaired) electrons. The monoisotopic (exact) mass is 292 g/mol. The molecule has 1 aliphatic rings. The van der Waals surface area contributed by atoms with E-state index in [-0.39, 0.29) is 12.6 Å². The Morgan fingerprint density at radius 3 is 2.62 bits per heavy atom. The van der Waals surface area contributed by atoms with E-state index in [1.54, 1.807) is 12.1 Å². The van der Waals surface area contributed by atoms with Gasteiger partial charge in [-0.1, -0.05) is 6.92 Å². The standard InChI is InChI=1S/C16H24N2O3/c1-4-7-18(9-8-17(2)3)11-14(19)13-5-6-15-16(10-13)21-12-20-15/h5-6,10H,4,7-9,11-12H2,1-3H3. The second-order valence-corrected chi connectivity index (χ2v) is 5.57. The molecule has 0 fully saturated rings. The maximum atomic E-state index is 12.4. The van der Waals surface area contributed by atoms with E-state index in [1.807, 2.05) is 20.2 Å². The molecule has 21 heavy (non-hydrogen) atoms. The molecule has 0 spiro atoms. The smallest absolute Gasteiger partial charge is 0.231 e. The number of hydrogen-bond donors (Lipinski definition) is 0. The fraction of sp³-hybridized carbons (Fsp3) is 0.562. The van der Waals surface area contributed by atoms with Crippen molar-refractivity contribution in [2.45, 2.75) is 13.3 Å². The fourth-order valence-electron chi connectivity index (χ4n) is 2.29. The first-order valence-electron chi connectivity index (χ1n) is 7.40. The highest BCUT2D eigenvalue weighted by atomic mass is 16.7. The van der Waals surface area contributed by atoms with E-state index < -0.39 is 0 Å². The summed E-state index contributed by atoms with van der Waals surface area (Å²) in [6.45, 7) is 5.60. The van der Waals surface area contributed by atoms with Gasteiger partial charge in [-0.3, -0.25) is 9.69 Å². The van der Waals surface area contributed by atoms with Crippen LogP contribution in [0.25, 0.3) is 0 Å². The molecule has 1 aliphatic heterocycles. The van der Waals surface area contributed by atoms with Crippen molar-refractivity contribution in [2.24, 2.45) is 0 Å². The number of fused-ring (bicyclic) bond motifs is 1. The summed E-state index contributed by atoms with van der Waals surface area (Å²) in [4.78, 5) is 16.8. The van der Waals surface area contributed by atoms with E-state index in [9.17, 15) is 4.79 Å². The van der Waals surface area contributed by atoms with Crippen molar-refractivity contribution in [3.8, 4) is 11.5 Å². The van der Waals surface area contributed by atoms with Gasteiger partial charge >= 0.3 is 0 Å². The van der Waals surface area contributed by atoms with E-state index >= 15 is 0 Å². The number of nitrogens with zero attached hydrogens (tertiary/aromatic N) is 2. The first-order chi connectivity index (χ1) is 10.1. The molecule has 5 heteroatoms. The molecule has 0 aliphatic carbocycles. The van der Waals surface area contributed by atoms with Gasteiger partial charge in [0, 0.05) is 18.7 Å². The molecule has 0 saturated carbocycles. The highest BCUT2D eigenvalue weighted by Gasteiger charge is 2.17. The summed E-state index contributed by atoms with van der Waals surface area (Å²) in [5, 5.41) is 0.